The van der Waals surface area contributed by atoms with Crippen LogP contribution in [0.4, 0.5) is 10.5 Å². The molecule has 4 N–H and O–H groups in total. The maximum Gasteiger partial charge on any atom is 0.410 e. The van der Waals surface area contributed by atoms with E-state index in [4.69, 9.17) is 10.5 Å². The quantitative estimate of drug-likeness (QED) is 0.602. The van der Waals surface area contributed by atoms with Crippen LogP contribution in [-0.4, -0.2) is 47.8 Å². The molecule has 1 aliphatic rings. The number of amides is 2. The van der Waals surface area contributed by atoms with Gasteiger partial charge in [-0.25, -0.2) is 9.79 Å². The van der Waals surface area contributed by atoms with Crippen molar-refractivity contribution in [3.8, 4) is 0 Å². The molecule has 168 valence electrons. The number of hydrogen-bond donors (Lipinski definition) is 3. The van der Waals surface area contributed by atoms with Gasteiger partial charge in [0.2, 0.25) is 5.91 Å². The molecule has 1 heterocycles. The fourth-order valence-electron chi connectivity index (χ4n) is 3.06. The van der Waals surface area contributed by atoms with Crippen molar-refractivity contribution in [1.82, 2.24) is 10.2 Å². The largest absolute Gasteiger partial charge is 0.444 e. The zero-order valence-electron chi connectivity index (χ0n) is 18.8. The van der Waals surface area contributed by atoms with Crippen molar-refractivity contribution < 1.29 is 14.3 Å². The third kappa shape index (κ3) is 8.54. The summed E-state index contributed by atoms with van der Waals surface area (Å²) in [5.74, 6) is 0.422. The first kappa shape index (κ1) is 24.0. The summed E-state index contributed by atoms with van der Waals surface area (Å²) in [6.45, 7) is 12.3. The number of aliphatic imine (C=N–C) groups is 1. The molecule has 8 nitrogen and oxygen atoms in total. The number of allylic oxidation sites excluding steroid dienone is 1. The van der Waals surface area contributed by atoms with Gasteiger partial charge in [-0.2, -0.15) is 0 Å². The van der Waals surface area contributed by atoms with Crippen molar-refractivity contribution in [1.29, 1.82) is 0 Å². The predicted molar refractivity (Wildman–Crippen MR) is 125 cm³/mol. The van der Waals surface area contributed by atoms with Crippen molar-refractivity contribution in [2.24, 2.45) is 10.7 Å². The van der Waals surface area contributed by atoms with E-state index in [9.17, 15) is 9.59 Å². The van der Waals surface area contributed by atoms with E-state index in [2.05, 4.69) is 22.2 Å². The zero-order valence-corrected chi connectivity index (χ0v) is 18.8. The highest BCUT2D eigenvalue weighted by atomic mass is 16.6. The fraction of sp³-hybridized carbons (Fsp3) is 0.435. The lowest BCUT2D eigenvalue weighted by Gasteiger charge is -2.34. The van der Waals surface area contributed by atoms with Crippen LogP contribution in [0.2, 0.25) is 0 Å². The van der Waals surface area contributed by atoms with Gasteiger partial charge in [0.25, 0.3) is 0 Å². The molecule has 0 spiro atoms. The van der Waals surface area contributed by atoms with Gasteiger partial charge >= 0.3 is 6.09 Å². The summed E-state index contributed by atoms with van der Waals surface area (Å²) in [5.41, 5.74) is 7.69. The van der Waals surface area contributed by atoms with Crippen molar-refractivity contribution in [3.63, 3.8) is 0 Å². The van der Waals surface area contributed by atoms with E-state index in [1.54, 1.807) is 29.3 Å². The van der Waals surface area contributed by atoms with Crippen molar-refractivity contribution in [2.75, 3.05) is 18.4 Å². The van der Waals surface area contributed by atoms with Crippen LogP contribution in [0.1, 0.15) is 46.1 Å². The Morgan fingerprint density at radius 1 is 1.23 bits per heavy atom. The molecule has 0 aromatic heterocycles. The Bertz CT molecular complexity index is 845. The predicted octanol–water partition coefficient (Wildman–Crippen LogP) is 3.48. The minimum atomic E-state index is -0.488. The van der Waals surface area contributed by atoms with Gasteiger partial charge in [-0.05, 0) is 57.4 Å². The zero-order chi connectivity index (χ0) is 23.0. The number of likely N-dealkylation sites (tertiary alicyclic amines) is 1. The molecule has 1 aromatic carbocycles. The number of anilines is 1. The molecule has 0 saturated carbocycles. The van der Waals surface area contributed by atoms with Crippen molar-refractivity contribution in [3.05, 3.63) is 48.3 Å². The summed E-state index contributed by atoms with van der Waals surface area (Å²) in [4.78, 5) is 29.2. The summed E-state index contributed by atoms with van der Waals surface area (Å²) < 4.78 is 5.42. The first-order valence-corrected chi connectivity index (χ1v) is 10.3. The molecule has 0 unspecified atom stereocenters. The highest BCUT2D eigenvalue weighted by Gasteiger charge is 2.26. The smallest absolute Gasteiger partial charge is 0.410 e. The van der Waals surface area contributed by atoms with Crippen LogP contribution < -0.4 is 16.4 Å². The third-order valence-electron chi connectivity index (χ3n) is 4.54. The molecule has 0 atom stereocenters. The number of benzene rings is 1. The van der Waals surface area contributed by atoms with Crippen LogP contribution in [0.15, 0.2) is 47.7 Å². The first-order valence-electron chi connectivity index (χ1n) is 10.3. The molecule has 0 aliphatic carbocycles. The summed E-state index contributed by atoms with van der Waals surface area (Å²) in [6.07, 6.45) is 4.63. The lowest BCUT2D eigenvalue weighted by molar-refractivity contribution is -0.114. The highest BCUT2D eigenvalue weighted by Crippen LogP contribution is 2.16. The number of carbonyl (C=O) groups is 2. The standard InChI is InChI=1S/C23H33N5O3/c1-16(26-20-11-14-28(15-12-20)22(30)31-23(3,4)5)25-13-10-21(24)18-6-8-19(9-7-18)27-17(2)29/h6-10,13,20,26H,1,11-12,14-15,24H2,2-5H3,(H,27,29)/b21-10-,25-13?. The molecular weight excluding hydrogens is 394 g/mol. The molecule has 2 amide bonds. The van der Waals surface area contributed by atoms with E-state index in [0.29, 0.717) is 30.3 Å². The maximum atomic E-state index is 12.1. The Morgan fingerprint density at radius 3 is 2.39 bits per heavy atom. The van der Waals surface area contributed by atoms with Crippen molar-refractivity contribution >= 4 is 29.6 Å². The second-order valence-corrected chi connectivity index (χ2v) is 8.49. The molecular formula is C23H33N5O3. The first-order chi connectivity index (χ1) is 14.5. The average Bonchev–Trinajstić information content (AvgIpc) is 2.67. The normalized spacial score (nSPS) is 15.6. The summed E-state index contributed by atoms with van der Waals surface area (Å²) in [6, 6.07) is 7.44. The van der Waals surface area contributed by atoms with Crippen LogP contribution in [-0.2, 0) is 9.53 Å². The molecule has 1 fully saturated rings. The number of nitrogens with zero attached hydrogens (tertiary/aromatic N) is 2. The van der Waals surface area contributed by atoms with Gasteiger partial charge in [0.05, 0.1) is 0 Å². The lowest BCUT2D eigenvalue weighted by Crippen LogP contribution is -2.46. The number of hydrogen-bond acceptors (Lipinski definition) is 6. The van der Waals surface area contributed by atoms with Crippen LogP contribution in [0.5, 0.6) is 0 Å². The van der Waals surface area contributed by atoms with E-state index in [-0.39, 0.29) is 18.0 Å². The molecule has 1 saturated heterocycles. The van der Waals surface area contributed by atoms with E-state index in [0.717, 1.165) is 18.4 Å². The molecule has 0 bridgehead atoms. The number of piperidine rings is 1. The van der Waals surface area contributed by atoms with E-state index in [1.165, 1.54) is 6.92 Å². The van der Waals surface area contributed by atoms with E-state index < -0.39 is 5.60 Å². The highest BCUT2D eigenvalue weighted by molar-refractivity contribution is 5.89. The fourth-order valence-corrected chi connectivity index (χ4v) is 3.06. The lowest BCUT2D eigenvalue weighted by atomic mass is 10.1. The van der Waals surface area contributed by atoms with Crippen LogP contribution in [0.3, 0.4) is 0 Å². The Morgan fingerprint density at radius 2 is 1.84 bits per heavy atom. The number of rotatable bonds is 6. The third-order valence-corrected chi connectivity index (χ3v) is 4.54. The summed E-state index contributed by atoms with van der Waals surface area (Å²) in [5, 5.41) is 6.00. The van der Waals surface area contributed by atoms with Gasteiger partial charge in [-0.15, -0.1) is 0 Å². The second-order valence-electron chi connectivity index (χ2n) is 8.49. The number of nitrogens with two attached hydrogens (primary N) is 1. The molecule has 0 radical (unpaired) electrons. The van der Waals surface area contributed by atoms with Gasteiger partial charge in [0.1, 0.15) is 11.4 Å². The molecule has 8 heteroatoms. The monoisotopic (exact) mass is 427 g/mol. The maximum absolute atomic E-state index is 12.1. The average molecular weight is 428 g/mol. The van der Waals surface area contributed by atoms with Gasteiger partial charge in [0, 0.05) is 43.7 Å². The van der Waals surface area contributed by atoms with Gasteiger partial charge in [-0.1, -0.05) is 18.7 Å². The Kier molecular flexibility index (Phi) is 8.24. The number of carbonyl (C=O) groups excluding carboxylic acids is 2. The van der Waals surface area contributed by atoms with Crippen molar-refractivity contribution in [2.45, 2.75) is 52.2 Å². The summed E-state index contributed by atoms with van der Waals surface area (Å²) >= 11 is 0. The van der Waals surface area contributed by atoms with Gasteiger partial charge < -0.3 is 26.0 Å². The second kappa shape index (κ2) is 10.7. The number of nitrogens with one attached hydrogen (secondary N) is 2. The van der Waals surface area contributed by atoms with Gasteiger partial charge in [0.15, 0.2) is 0 Å². The molecule has 2 rings (SSSR count). The van der Waals surface area contributed by atoms with Crippen LogP contribution in [0, 0.1) is 0 Å². The van der Waals surface area contributed by atoms with E-state index >= 15 is 0 Å². The summed E-state index contributed by atoms with van der Waals surface area (Å²) in [7, 11) is 0. The van der Waals surface area contributed by atoms with E-state index in [1.807, 2.05) is 32.9 Å². The van der Waals surface area contributed by atoms with Gasteiger partial charge in [-0.3, -0.25) is 4.79 Å². The molecule has 1 aliphatic heterocycles. The molecule has 31 heavy (non-hydrogen) atoms. The minimum absolute atomic E-state index is 0.120. The molecule has 1 aromatic rings. The topological polar surface area (TPSA) is 109 Å². The SMILES string of the molecule is C=C(N=C/C=C(\N)c1ccc(NC(C)=O)cc1)NC1CCN(C(=O)OC(C)(C)C)CC1. The van der Waals surface area contributed by atoms with Crippen LogP contribution >= 0.6 is 0 Å². The minimum Gasteiger partial charge on any atom is -0.444 e. The Labute approximate surface area is 184 Å². The Balaban J connectivity index is 1.79. The Hall–Kier alpha value is -3.29. The van der Waals surface area contributed by atoms with Crippen LogP contribution in [0.25, 0.3) is 5.70 Å². The number of ether oxygens (including phenoxy) is 1.